The third-order valence-electron chi connectivity index (χ3n) is 3.46. The normalized spacial score (nSPS) is 25.1. The molecular formula is C13H18BrFN2. The molecule has 1 heterocycles. The van der Waals surface area contributed by atoms with Crippen molar-refractivity contribution >= 4 is 21.6 Å². The number of nitrogens with zero attached hydrogens (tertiary/aromatic N) is 1. The van der Waals surface area contributed by atoms with Crippen LogP contribution in [-0.2, 0) is 0 Å². The molecule has 1 aromatic carbocycles. The second-order valence-electron chi connectivity index (χ2n) is 4.88. The van der Waals surface area contributed by atoms with Crippen molar-refractivity contribution in [2.75, 3.05) is 11.4 Å². The van der Waals surface area contributed by atoms with Gasteiger partial charge in [0, 0.05) is 24.3 Å². The van der Waals surface area contributed by atoms with Crippen molar-refractivity contribution in [1.82, 2.24) is 0 Å². The Morgan fingerprint density at radius 3 is 2.82 bits per heavy atom. The average molecular weight is 301 g/mol. The molecule has 2 N–H and O–H groups in total. The first kappa shape index (κ1) is 12.8. The van der Waals surface area contributed by atoms with E-state index >= 15 is 0 Å². The van der Waals surface area contributed by atoms with Crippen LogP contribution in [0.2, 0.25) is 0 Å². The highest BCUT2D eigenvalue weighted by atomic mass is 79.9. The van der Waals surface area contributed by atoms with Crippen LogP contribution in [0.1, 0.15) is 25.3 Å². The van der Waals surface area contributed by atoms with Crippen LogP contribution >= 0.6 is 15.9 Å². The Bertz CT molecular complexity index is 422. The molecule has 0 aromatic heterocycles. The number of hydrogen-bond acceptors (Lipinski definition) is 2. The highest BCUT2D eigenvalue weighted by Crippen LogP contribution is 2.31. The smallest absolute Gasteiger partial charge is 0.137 e. The molecule has 0 amide bonds. The quantitative estimate of drug-likeness (QED) is 0.863. The molecule has 2 rings (SSSR count). The fraction of sp³-hybridized carbons (Fsp3) is 0.538. The SMILES string of the molecule is Cc1cc(F)c(Br)cc1N1CCC(N)CC1C. The van der Waals surface area contributed by atoms with E-state index < -0.39 is 0 Å². The number of anilines is 1. The number of hydrogen-bond donors (Lipinski definition) is 1. The van der Waals surface area contributed by atoms with Crippen molar-refractivity contribution in [1.29, 1.82) is 0 Å². The minimum Gasteiger partial charge on any atom is -0.368 e. The van der Waals surface area contributed by atoms with E-state index in [0.29, 0.717) is 16.6 Å². The molecule has 2 atom stereocenters. The molecular weight excluding hydrogens is 283 g/mol. The highest BCUT2D eigenvalue weighted by molar-refractivity contribution is 9.10. The summed E-state index contributed by atoms with van der Waals surface area (Å²) < 4.78 is 13.9. The zero-order valence-corrected chi connectivity index (χ0v) is 11.8. The Kier molecular flexibility index (Phi) is 3.73. The second-order valence-corrected chi connectivity index (χ2v) is 5.73. The molecule has 0 bridgehead atoms. The number of halogens is 2. The lowest BCUT2D eigenvalue weighted by atomic mass is 9.97. The first-order valence-corrected chi connectivity index (χ1v) is 6.76. The van der Waals surface area contributed by atoms with Crippen molar-refractivity contribution in [2.24, 2.45) is 5.73 Å². The van der Waals surface area contributed by atoms with Crippen LogP contribution in [0.4, 0.5) is 10.1 Å². The monoisotopic (exact) mass is 300 g/mol. The van der Waals surface area contributed by atoms with Gasteiger partial charge in [-0.1, -0.05) is 0 Å². The number of benzene rings is 1. The summed E-state index contributed by atoms with van der Waals surface area (Å²) in [5.41, 5.74) is 8.05. The zero-order valence-electron chi connectivity index (χ0n) is 10.2. The van der Waals surface area contributed by atoms with Gasteiger partial charge >= 0.3 is 0 Å². The topological polar surface area (TPSA) is 29.3 Å². The minimum atomic E-state index is -0.201. The van der Waals surface area contributed by atoms with E-state index in [2.05, 4.69) is 27.8 Å². The summed E-state index contributed by atoms with van der Waals surface area (Å²) in [6.45, 7) is 5.07. The van der Waals surface area contributed by atoms with E-state index in [0.717, 1.165) is 30.6 Å². The summed E-state index contributed by atoms with van der Waals surface area (Å²) in [4.78, 5) is 2.32. The van der Waals surface area contributed by atoms with Gasteiger partial charge in [-0.25, -0.2) is 4.39 Å². The molecule has 1 saturated heterocycles. The maximum absolute atomic E-state index is 13.4. The van der Waals surface area contributed by atoms with Gasteiger partial charge in [0.05, 0.1) is 4.47 Å². The molecule has 0 aliphatic carbocycles. The lowest BCUT2D eigenvalue weighted by Gasteiger charge is -2.39. The molecule has 0 spiro atoms. The lowest BCUT2D eigenvalue weighted by molar-refractivity contribution is 0.429. The third kappa shape index (κ3) is 2.63. The number of nitrogens with two attached hydrogens (primary N) is 1. The van der Waals surface area contributed by atoms with Crippen LogP contribution in [0.25, 0.3) is 0 Å². The second kappa shape index (κ2) is 4.94. The van der Waals surface area contributed by atoms with Crippen LogP contribution < -0.4 is 10.6 Å². The lowest BCUT2D eigenvalue weighted by Crippen LogP contribution is -2.45. The maximum atomic E-state index is 13.4. The molecule has 0 saturated carbocycles. The molecule has 2 unspecified atom stereocenters. The molecule has 94 valence electrons. The Labute approximate surface area is 110 Å². The summed E-state index contributed by atoms with van der Waals surface area (Å²) in [5, 5.41) is 0. The summed E-state index contributed by atoms with van der Waals surface area (Å²) in [5.74, 6) is -0.201. The van der Waals surface area contributed by atoms with E-state index in [1.807, 2.05) is 13.0 Å². The van der Waals surface area contributed by atoms with Crippen LogP contribution in [-0.4, -0.2) is 18.6 Å². The van der Waals surface area contributed by atoms with E-state index in [1.54, 1.807) is 6.07 Å². The van der Waals surface area contributed by atoms with Gasteiger partial charge in [0.1, 0.15) is 5.82 Å². The summed E-state index contributed by atoms with van der Waals surface area (Å²) in [6, 6.07) is 4.17. The minimum absolute atomic E-state index is 0.201. The van der Waals surface area contributed by atoms with E-state index in [4.69, 9.17) is 5.73 Å². The molecule has 1 aliphatic rings. The van der Waals surface area contributed by atoms with Gasteiger partial charge in [0.2, 0.25) is 0 Å². The van der Waals surface area contributed by atoms with Gasteiger partial charge in [-0.05, 0) is 60.3 Å². The Morgan fingerprint density at radius 1 is 1.47 bits per heavy atom. The van der Waals surface area contributed by atoms with Crippen molar-refractivity contribution in [3.63, 3.8) is 0 Å². The largest absolute Gasteiger partial charge is 0.368 e. The molecule has 1 aromatic rings. The van der Waals surface area contributed by atoms with E-state index in [1.165, 1.54) is 0 Å². The Morgan fingerprint density at radius 2 is 2.18 bits per heavy atom. The average Bonchev–Trinajstić information content (AvgIpc) is 2.24. The van der Waals surface area contributed by atoms with Crippen molar-refractivity contribution in [3.05, 3.63) is 28.0 Å². The molecule has 2 nitrogen and oxygen atoms in total. The van der Waals surface area contributed by atoms with Gasteiger partial charge in [0.25, 0.3) is 0 Å². The first-order valence-electron chi connectivity index (χ1n) is 5.97. The van der Waals surface area contributed by atoms with Crippen LogP contribution in [0.5, 0.6) is 0 Å². The molecule has 4 heteroatoms. The fourth-order valence-electron chi connectivity index (χ4n) is 2.51. The van der Waals surface area contributed by atoms with E-state index in [-0.39, 0.29) is 5.82 Å². The van der Waals surface area contributed by atoms with Gasteiger partial charge in [-0.15, -0.1) is 0 Å². The fourth-order valence-corrected chi connectivity index (χ4v) is 2.84. The molecule has 17 heavy (non-hydrogen) atoms. The van der Waals surface area contributed by atoms with Crippen molar-refractivity contribution < 1.29 is 4.39 Å². The number of rotatable bonds is 1. The van der Waals surface area contributed by atoms with Crippen LogP contribution in [0.15, 0.2) is 16.6 Å². The molecule has 1 fully saturated rings. The summed E-state index contributed by atoms with van der Waals surface area (Å²) >= 11 is 3.25. The highest BCUT2D eigenvalue weighted by Gasteiger charge is 2.24. The maximum Gasteiger partial charge on any atom is 0.137 e. The predicted octanol–water partition coefficient (Wildman–Crippen LogP) is 3.21. The van der Waals surface area contributed by atoms with Crippen molar-refractivity contribution in [2.45, 2.75) is 38.8 Å². The zero-order chi connectivity index (χ0) is 12.6. The number of aryl methyl sites for hydroxylation is 1. The first-order chi connectivity index (χ1) is 7.99. The van der Waals surface area contributed by atoms with Gasteiger partial charge in [-0.2, -0.15) is 0 Å². The van der Waals surface area contributed by atoms with Gasteiger partial charge < -0.3 is 10.6 Å². The van der Waals surface area contributed by atoms with Crippen LogP contribution in [0.3, 0.4) is 0 Å². The Balaban J connectivity index is 2.31. The van der Waals surface area contributed by atoms with Gasteiger partial charge in [0.15, 0.2) is 0 Å². The molecule has 0 radical (unpaired) electrons. The summed E-state index contributed by atoms with van der Waals surface area (Å²) in [6.07, 6.45) is 1.99. The standard InChI is InChI=1S/C13H18BrFN2/c1-8-5-12(15)11(14)7-13(8)17-4-3-10(16)6-9(17)2/h5,7,9-10H,3-4,6,16H2,1-2H3. The van der Waals surface area contributed by atoms with Crippen LogP contribution in [0, 0.1) is 12.7 Å². The van der Waals surface area contributed by atoms with Crippen molar-refractivity contribution in [3.8, 4) is 0 Å². The number of piperidine rings is 1. The molecule has 1 aliphatic heterocycles. The third-order valence-corrected chi connectivity index (χ3v) is 4.07. The predicted molar refractivity (Wildman–Crippen MR) is 72.9 cm³/mol. The Hall–Kier alpha value is -0.610. The van der Waals surface area contributed by atoms with E-state index in [9.17, 15) is 4.39 Å². The summed E-state index contributed by atoms with van der Waals surface area (Å²) in [7, 11) is 0. The van der Waals surface area contributed by atoms with Gasteiger partial charge in [-0.3, -0.25) is 0 Å².